The Labute approximate surface area is 255 Å². The van der Waals surface area contributed by atoms with Gasteiger partial charge in [0.1, 0.15) is 17.3 Å². The Hall–Kier alpha value is -3.43. The number of carbonyl (C=O) groups is 3. The highest BCUT2D eigenvalue weighted by atomic mass is 16.5. The van der Waals surface area contributed by atoms with E-state index in [2.05, 4.69) is 22.5 Å². The quantitative estimate of drug-likeness (QED) is 0.369. The van der Waals surface area contributed by atoms with Crippen molar-refractivity contribution in [2.24, 2.45) is 5.92 Å². The van der Waals surface area contributed by atoms with E-state index in [0.717, 1.165) is 55.4 Å². The molecule has 0 bridgehead atoms. The van der Waals surface area contributed by atoms with Gasteiger partial charge in [0.05, 0.1) is 13.2 Å². The Bertz CT molecular complexity index is 1250. The number of ether oxygens (including phenoxy) is 1. The van der Waals surface area contributed by atoms with Crippen molar-refractivity contribution < 1.29 is 24.2 Å². The number of carbonyl (C=O) groups excluding carboxylic acids is 3. The van der Waals surface area contributed by atoms with Crippen molar-refractivity contribution in [3.63, 3.8) is 0 Å². The first-order valence-electron chi connectivity index (χ1n) is 15.9. The van der Waals surface area contributed by atoms with Gasteiger partial charge in [-0.05, 0) is 73.4 Å². The number of likely N-dealkylation sites (tertiary alicyclic amines) is 1. The molecule has 1 saturated carbocycles. The molecule has 232 valence electrons. The number of aliphatic hydroxyl groups is 1. The van der Waals surface area contributed by atoms with E-state index in [9.17, 15) is 19.5 Å². The van der Waals surface area contributed by atoms with Crippen molar-refractivity contribution in [2.45, 2.75) is 89.1 Å². The first-order chi connectivity index (χ1) is 20.8. The highest BCUT2D eigenvalue weighted by molar-refractivity contribution is 6.00. The summed E-state index contributed by atoms with van der Waals surface area (Å²) in [5.74, 6) is 0.487. The average molecular weight is 591 g/mol. The largest absolute Gasteiger partial charge is 0.497 e. The molecule has 3 fully saturated rings. The van der Waals surface area contributed by atoms with E-state index in [4.69, 9.17) is 4.74 Å². The summed E-state index contributed by atoms with van der Waals surface area (Å²) in [6.07, 6.45) is 6.01. The van der Waals surface area contributed by atoms with Gasteiger partial charge >= 0.3 is 0 Å². The van der Waals surface area contributed by atoms with Gasteiger partial charge in [0.15, 0.2) is 0 Å². The zero-order chi connectivity index (χ0) is 30.4. The van der Waals surface area contributed by atoms with Crippen LogP contribution in [0.5, 0.6) is 5.75 Å². The summed E-state index contributed by atoms with van der Waals surface area (Å²) < 4.78 is 5.18. The summed E-state index contributed by atoms with van der Waals surface area (Å²) in [5.41, 5.74) is 1.83. The van der Waals surface area contributed by atoms with Crippen molar-refractivity contribution in [3.05, 3.63) is 65.2 Å². The van der Waals surface area contributed by atoms with Crippen molar-refractivity contribution in [1.82, 2.24) is 20.4 Å². The highest BCUT2D eigenvalue weighted by Gasteiger charge is 2.55. The predicted molar refractivity (Wildman–Crippen MR) is 164 cm³/mol. The fraction of sp³-hybridized carbons (Fsp3) is 0.559. The molecule has 2 saturated heterocycles. The molecule has 3 aliphatic rings. The lowest BCUT2D eigenvalue weighted by molar-refractivity contribution is -0.165. The number of piperidine rings is 1. The van der Waals surface area contributed by atoms with E-state index in [1.54, 1.807) is 7.11 Å². The van der Waals surface area contributed by atoms with E-state index in [1.807, 2.05) is 53.4 Å². The number of aliphatic hydroxyl groups excluding tert-OH is 1. The van der Waals surface area contributed by atoms with Crippen LogP contribution < -0.4 is 15.4 Å². The normalized spacial score (nSPS) is 21.6. The number of amides is 3. The van der Waals surface area contributed by atoms with E-state index in [-0.39, 0.29) is 23.6 Å². The lowest BCUT2D eigenvalue weighted by atomic mass is 9.80. The maximum absolute atomic E-state index is 13.8. The Morgan fingerprint density at radius 2 is 1.70 bits per heavy atom. The SMILES string of the molecule is CCCCN1C(=O)C(C(O)C2CCCC2)NC(=O)C12CCN(Cc1ccc(C(=O)NCc3ccc(OC)cc3)cc1)CC2. The Kier molecular flexibility index (Phi) is 10.0. The maximum atomic E-state index is 13.8. The Morgan fingerprint density at radius 1 is 1.05 bits per heavy atom. The standard InChI is InChI=1S/C34H46N4O5/c1-3-4-19-38-32(41)29(30(39)26-7-5-6-8-26)36-33(42)34(38)17-20-37(21-18-34)23-25-9-13-27(14-10-25)31(40)35-22-24-11-15-28(43-2)16-12-24/h9-16,26,29-30,39H,3-8,17-23H2,1-2H3,(H,35,40)(H,36,42). The molecule has 0 aromatic heterocycles. The molecule has 2 aromatic carbocycles. The van der Waals surface area contributed by atoms with Gasteiger partial charge in [0, 0.05) is 38.3 Å². The van der Waals surface area contributed by atoms with Crippen LogP contribution in [-0.2, 0) is 22.7 Å². The van der Waals surface area contributed by atoms with Gasteiger partial charge in [-0.3, -0.25) is 19.3 Å². The molecule has 3 N–H and O–H groups in total. The smallest absolute Gasteiger partial charge is 0.251 e. The third-order valence-corrected chi connectivity index (χ3v) is 9.64. The molecule has 1 spiro atoms. The number of rotatable bonds is 11. The molecule has 2 unspecified atom stereocenters. The number of benzene rings is 2. The summed E-state index contributed by atoms with van der Waals surface area (Å²) >= 11 is 0. The molecular formula is C34H46N4O5. The van der Waals surface area contributed by atoms with Crippen LogP contribution in [0.1, 0.15) is 79.8 Å². The lowest BCUT2D eigenvalue weighted by Gasteiger charge is -2.52. The maximum Gasteiger partial charge on any atom is 0.251 e. The minimum atomic E-state index is -0.861. The predicted octanol–water partition coefficient (Wildman–Crippen LogP) is 3.64. The molecule has 9 heteroatoms. The second-order valence-corrected chi connectivity index (χ2v) is 12.4. The number of methoxy groups -OCH3 is 1. The molecule has 2 atom stereocenters. The van der Waals surface area contributed by atoms with Crippen LogP contribution in [0.15, 0.2) is 48.5 Å². The second-order valence-electron chi connectivity index (χ2n) is 12.4. The van der Waals surface area contributed by atoms with Crippen LogP contribution in [0, 0.1) is 5.92 Å². The molecule has 2 heterocycles. The van der Waals surface area contributed by atoms with Crippen molar-refractivity contribution in [2.75, 3.05) is 26.7 Å². The van der Waals surface area contributed by atoms with Crippen molar-refractivity contribution in [1.29, 1.82) is 0 Å². The van der Waals surface area contributed by atoms with Crippen LogP contribution in [-0.4, -0.2) is 77.1 Å². The fourth-order valence-corrected chi connectivity index (χ4v) is 6.91. The van der Waals surface area contributed by atoms with Crippen LogP contribution in [0.3, 0.4) is 0 Å². The number of hydrogen-bond donors (Lipinski definition) is 3. The average Bonchev–Trinajstić information content (AvgIpc) is 3.58. The minimum Gasteiger partial charge on any atom is -0.497 e. The van der Waals surface area contributed by atoms with Crippen LogP contribution >= 0.6 is 0 Å². The summed E-state index contributed by atoms with van der Waals surface area (Å²) in [5, 5.41) is 17.0. The molecule has 1 aliphatic carbocycles. The first-order valence-corrected chi connectivity index (χ1v) is 15.9. The number of nitrogens with one attached hydrogen (secondary N) is 2. The summed E-state index contributed by atoms with van der Waals surface area (Å²) in [7, 11) is 1.63. The van der Waals surface area contributed by atoms with Gasteiger partial charge in [0.25, 0.3) is 5.91 Å². The molecular weight excluding hydrogens is 544 g/mol. The van der Waals surface area contributed by atoms with Gasteiger partial charge in [-0.2, -0.15) is 0 Å². The van der Waals surface area contributed by atoms with Gasteiger partial charge < -0.3 is 25.4 Å². The molecule has 43 heavy (non-hydrogen) atoms. The lowest BCUT2D eigenvalue weighted by Crippen LogP contribution is -2.75. The van der Waals surface area contributed by atoms with E-state index in [0.29, 0.717) is 51.1 Å². The topological polar surface area (TPSA) is 111 Å². The van der Waals surface area contributed by atoms with Gasteiger partial charge in [-0.25, -0.2) is 0 Å². The Morgan fingerprint density at radius 3 is 2.33 bits per heavy atom. The molecule has 9 nitrogen and oxygen atoms in total. The molecule has 5 rings (SSSR count). The van der Waals surface area contributed by atoms with Crippen molar-refractivity contribution in [3.8, 4) is 5.75 Å². The van der Waals surface area contributed by atoms with Crippen LogP contribution in [0.2, 0.25) is 0 Å². The van der Waals surface area contributed by atoms with Gasteiger partial charge in [0.2, 0.25) is 11.8 Å². The number of hydrogen-bond acceptors (Lipinski definition) is 6. The molecule has 0 radical (unpaired) electrons. The van der Waals surface area contributed by atoms with Crippen molar-refractivity contribution >= 4 is 17.7 Å². The van der Waals surface area contributed by atoms with Gasteiger partial charge in [-0.15, -0.1) is 0 Å². The molecule has 2 aromatic rings. The van der Waals surface area contributed by atoms with E-state index in [1.165, 1.54) is 0 Å². The zero-order valence-corrected chi connectivity index (χ0v) is 25.5. The summed E-state index contributed by atoms with van der Waals surface area (Å²) in [4.78, 5) is 44.2. The van der Waals surface area contributed by atoms with Crippen LogP contribution in [0.25, 0.3) is 0 Å². The molecule has 2 aliphatic heterocycles. The third-order valence-electron chi connectivity index (χ3n) is 9.64. The first kappa shape index (κ1) is 31.0. The third kappa shape index (κ3) is 6.88. The zero-order valence-electron chi connectivity index (χ0n) is 25.5. The van der Waals surface area contributed by atoms with E-state index < -0.39 is 17.7 Å². The summed E-state index contributed by atoms with van der Waals surface area (Å²) in [6.45, 7) is 5.14. The number of piperazine rings is 1. The highest BCUT2D eigenvalue weighted by Crippen LogP contribution is 2.36. The fourth-order valence-electron chi connectivity index (χ4n) is 6.91. The molecule has 3 amide bonds. The monoisotopic (exact) mass is 590 g/mol. The number of nitrogens with zero attached hydrogens (tertiary/aromatic N) is 2. The minimum absolute atomic E-state index is 0.0733. The van der Waals surface area contributed by atoms with Gasteiger partial charge in [-0.1, -0.05) is 50.5 Å². The van der Waals surface area contributed by atoms with Crippen LogP contribution in [0.4, 0.5) is 0 Å². The number of unbranched alkanes of at least 4 members (excludes halogenated alkanes) is 1. The Balaban J connectivity index is 1.17. The summed E-state index contributed by atoms with van der Waals surface area (Å²) in [6, 6.07) is 14.4. The van der Waals surface area contributed by atoms with E-state index >= 15 is 0 Å². The second kappa shape index (κ2) is 13.9.